The maximum Gasteiger partial charge on any atom is 0.253 e. The Bertz CT molecular complexity index is 398. The van der Waals surface area contributed by atoms with Crippen molar-refractivity contribution in [3.8, 4) is 6.07 Å². The van der Waals surface area contributed by atoms with Crippen LogP contribution >= 0.6 is 0 Å². The van der Waals surface area contributed by atoms with Crippen LogP contribution in [0.5, 0.6) is 0 Å². The van der Waals surface area contributed by atoms with E-state index in [1.54, 1.807) is 4.90 Å². The highest BCUT2D eigenvalue weighted by Crippen LogP contribution is 2.13. The molecule has 0 aromatic heterocycles. The highest BCUT2D eigenvalue weighted by molar-refractivity contribution is 5.94. The van der Waals surface area contributed by atoms with E-state index in [0.717, 1.165) is 12.1 Å². The molecule has 0 saturated heterocycles. The van der Waals surface area contributed by atoms with Gasteiger partial charge < -0.3 is 9.64 Å². The second-order valence-electron chi connectivity index (χ2n) is 3.84. The van der Waals surface area contributed by atoms with E-state index in [-0.39, 0.29) is 12.5 Å². The van der Waals surface area contributed by atoms with E-state index < -0.39 is 0 Å². The molecule has 0 heterocycles. The number of rotatable bonds is 7. The van der Waals surface area contributed by atoms with Crippen LogP contribution in [0.2, 0.25) is 0 Å². The average molecular weight is 246 g/mol. The summed E-state index contributed by atoms with van der Waals surface area (Å²) in [7, 11) is 0. The minimum atomic E-state index is -0.107. The smallest absolute Gasteiger partial charge is 0.253 e. The number of nitriles is 1. The summed E-state index contributed by atoms with van der Waals surface area (Å²) in [5.41, 5.74) is 0.804. The molecule has 1 amide bonds. The molecular formula is C14H18N2O2. The molecular weight excluding hydrogens is 228 g/mol. The first kappa shape index (κ1) is 14.2. The Morgan fingerprint density at radius 3 is 2.72 bits per heavy atom. The van der Waals surface area contributed by atoms with E-state index in [9.17, 15) is 4.79 Å². The number of para-hydroxylation sites is 1. The minimum Gasteiger partial charge on any atom is -0.372 e. The number of hydrogen-bond acceptors (Lipinski definition) is 3. The summed E-state index contributed by atoms with van der Waals surface area (Å²) in [6.45, 7) is 3.03. The van der Waals surface area contributed by atoms with Crippen molar-refractivity contribution in [1.82, 2.24) is 0 Å². The van der Waals surface area contributed by atoms with E-state index in [0.29, 0.717) is 19.6 Å². The molecule has 0 aliphatic heterocycles. The van der Waals surface area contributed by atoms with Crippen LogP contribution in [0.1, 0.15) is 19.8 Å². The largest absolute Gasteiger partial charge is 0.372 e. The maximum absolute atomic E-state index is 12.0. The Balaban J connectivity index is 2.66. The lowest BCUT2D eigenvalue weighted by Gasteiger charge is -2.21. The Hall–Kier alpha value is -1.86. The fraction of sp³-hybridized carbons (Fsp3) is 0.429. The van der Waals surface area contributed by atoms with Gasteiger partial charge in [0.15, 0.2) is 0 Å². The van der Waals surface area contributed by atoms with Crippen molar-refractivity contribution in [3.05, 3.63) is 30.3 Å². The van der Waals surface area contributed by atoms with Gasteiger partial charge in [-0.2, -0.15) is 5.26 Å². The number of amides is 1. The third-order valence-corrected chi connectivity index (χ3v) is 2.39. The van der Waals surface area contributed by atoms with Gasteiger partial charge in [-0.05, 0) is 18.6 Å². The quantitative estimate of drug-likeness (QED) is 0.694. The third kappa shape index (κ3) is 4.56. The molecule has 0 bridgehead atoms. The second kappa shape index (κ2) is 8.26. The van der Waals surface area contributed by atoms with Gasteiger partial charge in [0.1, 0.15) is 6.61 Å². The molecule has 0 fully saturated rings. The van der Waals surface area contributed by atoms with Gasteiger partial charge in [0.2, 0.25) is 0 Å². The van der Waals surface area contributed by atoms with Gasteiger partial charge in [-0.15, -0.1) is 0 Å². The van der Waals surface area contributed by atoms with Crippen molar-refractivity contribution in [2.45, 2.75) is 19.8 Å². The van der Waals surface area contributed by atoms with Crippen LogP contribution < -0.4 is 4.90 Å². The molecule has 0 unspecified atom stereocenters. The number of hydrogen-bond donors (Lipinski definition) is 0. The summed E-state index contributed by atoms with van der Waals surface area (Å²) in [6, 6.07) is 11.4. The molecule has 0 atom stereocenters. The predicted molar refractivity (Wildman–Crippen MR) is 70.1 cm³/mol. The van der Waals surface area contributed by atoms with Crippen LogP contribution in [0.3, 0.4) is 0 Å². The zero-order valence-electron chi connectivity index (χ0n) is 10.6. The van der Waals surface area contributed by atoms with Gasteiger partial charge in [0.05, 0.1) is 12.5 Å². The lowest BCUT2D eigenvalue weighted by molar-refractivity contribution is -0.123. The van der Waals surface area contributed by atoms with Crippen molar-refractivity contribution in [2.75, 3.05) is 24.7 Å². The molecule has 0 saturated carbocycles. The number of ether oxygens (including phenoxy) is 1. The summed E-state index contributed by atoms with van der Waals surface area (Å²) >= 11 is 0. The average Bonchev–Trinajstić information content (AvgIpc) is 2.41. The topological polar surface area (TPSA) is 53.3 Å². The number of anilines is 1. The summed E-state index contributed by atoms with van der Waals surface area (Å²) < 4.78 is 5.25. The predicted octanol–water partition coefficient (Wildman–Crippen LogP) is 2.36. The van der Waals surface area contributed by atoms with E-state index in [1.165, 1.54) is 0 Å². The van der Waals surface area contributed by atoms with Gasteiger partial charge in [-0.3, -0.25) is 4.79 Å². The lowest BCUT2D eigenvalue weighted by atomic mass is 10.2. The van der Waals surface area contributed by atoms with Gasteiger partial charge in [0, 0.05) is 18.8 Å². The van der Waals surface area contributed by atoms with Crippen LogP contribution in [0.4, 0.5) is 5.69 Å². The zero-order valence-corrected chi connectivity index (χ0v) is 10.6. The fourth-order valence-electron chi connectivity index (χ4n) is 1.55. The minimum absolute atomic E-state index is 0.0637. The van der Waals surface area contributed by atoms with Gasteiger partial charge in [0.25, 0.3) is 5.91 Å². The number of carbonyl (C=O) groups is 1. The molecule has 0 spiro atoms. The van der Waals surface area contributed by atoms with E-state index in [2.05, 4.69) is 6.07 Å². The van der Waals surface area contributed by atoms with Crippen molar-refractivity contribution < 1.29 is 9.53 Å². The van der Waals surface area contributed by atoms with Gasteiger partial charge in [-0.1, -0.05) is 25.1 Å². The molecule has 1 aromatic carbocycles. The lowest BCUT2D eigenvalue weighted by Crippen LogP contribution is -2.34. The van der Waals surface area contributed by atoms with E-state index in [1.807, 2.05) is 37.3 Å². The molecule has 1 aromatic rings. The molecule has 4 heteroatoms. The van der Waals surface area contributed by atoms with Crippen LogP contribution in [0, 0.1) is 11.3 Å². The zero-order chi connectivity index (χ0) is 13.2. The Morgan fingerprint density at radius 1 is 1.39 bits per heavy atom. The van der Waals surface area contributed by atoms with Crippen molar-refractivity contribution in [1.29, 1.82) is 5.26 Å². The van der Waals surface area contributed by atoms with Crippen LogP contribution in [-0.4, -0.2) is 25.7 Å². The molecule has 96 valence electrons. The first-order valence-electron chi connectivity index (χ1n) is 6.09. The highest BCUT2D eigenvalue weighted by Gasteiger charge is 2.14. The molecule has 0 radical (unpaired) electrons. The molecule has 18 heavy (non-hydrogen) atoms. The van der Waals surface area contributed by atoms with E-state index >= 15 is 0 Å². The van der Waals surface area contributed by atoms with Crippen molar-refractivity contribution in [2.24, 2.45) is 0 Å². The summed E-state index contributed by atoms with van der Waals surface area (Å²) in [5.74, 6) is -0.107. The van der Waals surface area contributed by atoms with Crippen LogP contribution in [0.25, 0.3) is 0 Å². The molecule has 0 aliphatic carbocycles. The molecule has 4 nitrogen and oxygen atoms in total. The second-order valence-corrected chi connectivity index (χ2v) is 3.84. The number of benzene rings is 1. The summed E-state index contributed by atoms with van der Waals surface area (Å²) in [5, 5.41) is 8.64. The molecule has 0 N–H and O–H groups in total. The Morgan fingerprint density at radius 2 is 2.11 bits per heavy atom. The maximum atomic E-state index is 12.0. The molecule has 1 rings (SSSR count). The van der Waals surface area contributed by atoms with Gasteiger partial charge >= 0.3 is 0 Å². The highest BCUT2D eigenvalue weighted by atomic mass is 16.5. The summed E-state index contributed by atoms with van der Waals surface area (Å²) in [6.07, 6.45) is 1.20. The van der Waals surface area contributed by atoms with Crippen molar-refractivity contribution in [3.63, 3.8) is 0 Å². The Labute approximate surface area is 108 Å². The van der Waals surface area contributed by atoms with Gasteiger partial charge in [-0.25, -0.2) is 0 Å². The Kier molecular flexibility index (Phi) is 6.52. The number of nitrogens with zero attached hydrogens (tertiary/aromatic N) is 2. The van der Waals surface area contributed by atoms with Crippen LogP contribution in [0.15, 0.2) is 30.3 Å². The first-order valence-corrected chi connectivity index (χ1v) is 6.09. The van der Waals surface area contributed by atoms with E-state index in [4.69, 9.17) is 10.00 Å². The van der Waals surface area contributed by atoms with Crippen LogP contribution in [-0.2, 0) is 9.53 Å². The first-order chi connectivity index (χ1) is 8.79. The van der Waals surface area contributed by atoms with Crippen molar-refractivity contribution >= 4 is 11.6 Å². The number of carbonyl (C=O) groups excluding carboxylic acids is 1. The fourth-order valence-corrected chi connectivity index (χ4v) is 1.55. The monoisotopic (exact) mass is 246 g/mol. The normalized spacial score (nSPS) is 9.78. The summed E-state index contributed by atoms with van der Waals surface area (Å²) in [4.78, 5) is 13.6. The molecule has 0 aliphatic rings. The standard InChI is InChI=1S/C14H18N2O2/c1-2-11-18-12-14(17)16(10-6-9-15)13-7-4-3-5-8-13/h3-5,7-8H,2,6,10-12H2,1H3. The SMILES string of the molecule is CCCOCC(=O)N(CCC#N)c1ccccc1. The third-order valence-electron chi connectivity index (χ3n) is 2.39.